The predicted octanol–water partition coefficient (Wildman–Crippen LogP) is 4.51. The molecule has 2 aromatic rings. The van der Waals surface area contributed by atoms with Crippen LogP contribution in [-0.2, 0) is 11.2 Å². The molecule has 0 unspecified atom stereocenters. The van der Waals surface area contributed by atoms with Crippen molar-refractivity contribution >= 4 is 29.0 Å². The number of piperidine rings is 1. The van der Waals surface area contributed by atoms with Crippen LogP contribution in [-0.4, -0.2) is 35.7 Å². The van der Waals surface area contributed by atoms with Gasteiger partial charge in [-0.1, -0.05) is 42.5 Å². The molecule has 27 heavy (non-hydrogen) atoms. The fraction of sp³-hybridized carbons (Fsp3) is 0.364. The maximum atomic E-state index is 12.1. The molecule has 2 aromatic carbocycles. The van der Waals surface area contributed by atoms with Crippen LogP contribution in [0.3, 0.4) is 0 Å². The van der Waals surface area contributed by atoms with E-state index in [2.05, 4.69) is 40.5 Å². The van der Waals surface area contributed by atoms with E-state index < -0.39 is 0 Å². The SMILES string of the molecule is CCOC(=O)c1ccccc1NC(=S)N1CCC(Cc2ccccc2)CC1. The second-order valence-electron chi connectivity index (χ2n) is 6.82. The molecule has 4 nitrogen and oxygen atoms in total. The third-order valence-electron chi connectivity index (χ3n) is 4.93. The molecule has 0 amide bonds. The first-order valence-corrected chi connectivity index (χ1v) is 9.94. The second kappa shape index (κ2) is 9.51. The second-order valence-corrected chi connectivity index (χ2v) is 7.20. The quantitative estimate of drug-likeness (QED) is 0.608. The molecule has 0 bridgehead atoms. The Hall–Kier alpha value is -2.40. The van der Waals surface area contributed by atoms with Crippen LogP contribution < -0.4 is 5.32 Å². The molecule has 1 aliphatic rings. The Morgan fingerprint density at radius 2 is 1.78 bits per heavy atom. The van der Waals surface area contributed by atoms with Crippen LogP contribution in [0.2, 0.25) is 0 Å². The molecule has 1 fully saturated rings. The molecular weight excluding hydrogens is 356 g/mol. The van der Waals surface area contributed by atoms with Gasteiger partial charge in [-0.15, -0.1) is 0 Å². The van der Waals surface area contributed by atoms with Gasteiger partial charge in [-0.2, -0.15) is 0 Å². The van der Waals surface area contributed by atoms with Crippen molar-refractivity contribution in [2.24, 2.45) is 5.92 Å². The summed E-state index contributed by atoms with van der Waals surface area (Å²) in [6.45, 7) is 4.03. The number of likely N-dealkylation sites (tertiary alicyclic amines) is 1. The van der Waals surface area contributed by atoms with Gasteiger partial charge in [0.05, 0.1) is 17.9 Å². The molecule has 5 heteroatoms. The van der Waals surface area contributed by atoms with Crippen molar-refractivity contribution in [1.29, 1.82) is 0 Å². The van der Waals surface area contributed by atoms with E-state index in [0.29, 0.717) is 28.9 Å². The first-order valence-electron chi connectivity index (χ1n) is 9.53. The van der Waals surface area contributed by atoms with Crippen LogP contribution >= 0.6 is 12.2 Å². The van der Waals surface area contributed by atoms with E-state index in [1.54, 1.807) is 13.0 Å². The lowest BCUT2D eigenvalue weighted by molar-refractivity contribution is 0.0527. The van der Waals surface area contributed by atoms with E-state index in [9.17, 15) is 4.79 Å². The van der Waals surface area contributed by atoms with Crippen LogP contribution in [0, 0.1) is 5.92 Å². The van der Waals surface area contributed by atoms with Gasteiger partial charge in [-0.3, -0.25) is 0 Å². The lowest BCUT2D eigenvalue weighted by Crippen LogP contribution is -2.41. The molecule has 142 valence electrons. The van der Waals surface area contributed by atoms with E-state index >= 15 is 0 Å². The largest absolute Gasteiger partial charge is 0.462 e. The third kappa shape index (κ3) is 5.30. The number of esters is 1. The number of thiocarbonyl (C=S) groups is 1. The zero-order valence-electron chi connectivity index (χ0n) is 15.7. The number of benzene rings is 2. The summed E-state index contributed by atoms with van der Waals surface area (Å²) in [5, 5.41) is 3.91. The molecule has 1 heterocycles. The van der Waals surface area contributed by atoms with Gasteiger partial charge in [0.25, 0.3) is 0 Å². The molecule has 3 rings (SSSR count). The zero-order chi connectivity index (χ0) is 19.1. The van der Waals surface area contributed by atoms with Crippen LogP contribution in [0.15, 0.2) is 54.6 Å². The van der Waals surface area contributed by atoms with Gasteiger partial charge in [0.15, 0.2) is 5.11 Å². The van der Waals surface area contributed by atoms with Crippen molar-refractivity contribution in [1.82, 2.24) is 4.90 Å². The van der Waals surface area contributed by atoms with Gasteiger partial charge in [-0.25, -0.2) is 4.79 Å². The number of rotatable bonds is 5. The van der Waals surface area contributed by atoms with Crippen molar-refractivity contribution in [3.8, 4) is 0 Å². The van der Waals surface area contributed by atoms with Crippen molar-refractivity contribution in [2.45, 2.75) is 26.2 Å². The van der Waals surface area contributed by atoms with Gasteiger partial charge in [-0.05, 0) is 62.0 Å². The number of hydrogen-bond acceptors (Lipinski definition) is 3. The number of anilines is 1. The Morgan fingerprint density at radius 3 is 2.48 bits per heavy atom. The highest BCUT2D eigenvalue weighted by molar-refractivity contribution is 7.80. The molecule has 0 aliphatic carbocycles. The number of ether oxygens (including phenoxy) is 1. The van der Waals surface area contributed by atoms with E-state index in [4.69, 9.17) is 17.0 Å². The summed E-state index contributed by atoms with van der Waals surface area (Å²) in [4.78, 5) is 14.3. The Kier molecular flexibility index (Phi) is 6.82. The molecule has 0 spiro atoms. The fourth-order valence-electron chi connectivity index (χ4n) is 3.46. The molecule has 0 atom stereocenters. The molecule has 1 aliphatic heterocycles. The number of para-hydroxylation sites is 1. The minimum absolute atomic E-state index is 0.329. The van der Waals surface area contributed by atoms with Crippen LogP contribution in [0.25, 0.3) is 0 Å². The Bertz CT molecular complexity index is 771. The molecule has 0 aromatic heterocycles. The summed E-state index contributed by atoms with van der Waals surface area (Å²) in [7, 11) is 0. The maximum absolute atomic E-state index is 12.1. The maximum Gasteiger partial charge on any atom is 0.340 e. The van der Waals surface area contributed by atoms with Crippen LogP contribution in [0.1, 0.15) is 35.7 Å². The summed E-state index contributed by atoms with van der Waals surface area (Å²) >= 11 is 5.60. The van der Waals surface area contributed by atoms with Gasteiger partial charge in [0.1, 0.15) is 0 Å². The van der Waals surface area contributed by atoms with Crippen molar-refractivity contribution in [2.75, 3.05) is 25.0 Å². The smallest absolute Gasteiger partial charge is 0.340 e. The van der Waals surface area contributed by atoms with Gasteiger partial charge >= 0.3 is 5.97 Å². The van der Waals surface area contributed by atoms with Crippen LogP contribution in [0.4, 0.5) is 5.69 Å². The predicted molar refractivity (Wildman–Crippen MR) is 113 cm³/mol. The highest BCUT2D eigenvalue weighted by atomic mass is 32.1. The Morgan fingerprint density at radius 1 is 1.11 bits per heavy atom. The zero-order valence-corrected chi connectivity index (χ0v) is 16.5. The van der Waals surface area contributed by atoms with Crippen molar-refractivity contribution < 1.29 is 9.53 Å². The van der Waals surface area contributed by atoms with E-state index in [1.807, 2.05) is 18.2 Å². The van der Waals surface area contributed by atoms with E-state index in [0.717, 1.165) is 32.4 Å². The third-order valence-corrected chi connectivity index (χ3v) is 5.29. The number of nitrogens with zero attached hydrogens (tertiary/aromatic N) is 1. The first kappa shape index (κ1) is 19.4. The van der Waals surface area contributed by atoms with Crippen molar-refractivity contribution in [3.05, 3.63) is 65.7 Å². The monoisotopic (exact) mass is 382 g/mol. The van der Waals surface area contributed by atoms with E-state index in [1.165, 1.54) is 5.56 Å². The number of hydrogen-bond donors (Lipinski definition) is 1. The van der Waals surface area contributed by atoms with Gasteiger partial charge < -0.3 is 15.0 Å². The summed E-state index contributed by atoms with van der Waals surface area (Å²) in [6, 6.07) is 18.0. The number of carbonyl (C=O) groups is 1. The van der Waals surface area contributed by atoms with Gasteiger partial charge in [0, 0.05) is 13.1 Å². The standard InChI is InChI=1S/C22H26N2O2S/c1-2-26-21(25)19-10-6-7-11-20(19)23-22(27)24-14-12-18(13-15-24)16-17-8-4-3-5-9-17/h3-11,18H,2,12-16H2,1H3,(H,23,27). The van der Waals surface area contributed by atoms with Crippen molar-refractivity contribution in [3.63, 3.8) is 0 Å². The number of carbonyl (C=O) groups excluding carboxylic acids is 1. The summed E-state index contributed by atoms with van der Waals surface area (Å²) in [5.41, 5.74) is 2.62. The molecular formula is C22H26N2O2S. The summed E-state index contributed by atoms with van der Waals surface area (Å²) in [5.74, 6) is 0.364. The summed E-state index contributed by atoms with van der Waals surface area (Å²) < 4.78 is 5.13. The molecule has 0 saturated carbocycles. The average Bonchev–Trinajstić information content (AvgIpc) is 2.70. The molecule has 0 radical (unpaired) electrons. The number of nitrogens with one attached hydrogen (secondary N) is 1. The lowest BCUT2D eigenvalue weighted by atomic mass is 9.90. The normalized spacial score (nSPS) is 14.6. The first-order chi connectivity index (χ1) is 13.2. The highest BCUT2D eigenvalue weighted by Crippen LogP contribution is 2.23. The summed E-state index contributed by atoms with van der Waals surface area (Å²) in [6.07, 6.45) is 3.37. The Balaban J connectivity index is 1.55. The Labute approximate surface area is 166 Å². The highest BCUT2D eigenvalue weighted by Gasteiger charge is 2.22. The molecule has 1 saturated heterocycles. The molecule has 1 N–H and O–H groups in total. The van der Waals surface area contributed by atoms with Gasteiger partial charge in [0.2, 0.25) is 0 Å². The topological polar surface area (TPSA) is 41.6 Å². The minimum atomic E-state index is -0.329. The minimum Gasteiger partial charge on any atom is -0.462 e. The lowest BCUT2D eigenvalue weighted by Gasteiger charge is -2.34. The fourth-order valence-corrected chi connectivity index (χ4v) is 3.75. The van der Waals surface area contributed by atoms with Crippen LogP contribution in [0.5, 0.6) is 0 Å². The van der Waals surface area contributed by atoms with E-state index in [-0.39, 0.29) is 5.97 Å². The average molecular weight is 383 g/mol.